The van der Waals surface area contributed by atoms with Crippen LogP contribution in [-0.2, 0) is 19.1 Å². The van der Waals surface area contributed by atoms with Crippen LogP contribution in [-0.4, -0.2) is 46.7 Å². The number of allylic oxidation sites excluding steroid dienone is 1. The van der Waals surface area contributed by atoms with E-state index in [-0.39, 0.29) is 40.5 Å². The Kier molecular flexibility index (Phi) is 9.24. The lowest BCUT2D eigenvalue weighted by Crippen LogP contribution is -2.63. The molecule has 7 heteroatoms. The number of rotatable bonds is 9. The van der Waals surface area contributed by atoms with Crippen molar-refractivity contribution in [3.8, 4) is 0 Å². The second-order valence-corrected chi connectivity index (χ2v) is 18.7. The van der Waals surface area contributed by atoms with Crippen molar-refractivity contribution in [1.29, 1.82) is 0 Å². The first kappa shape index (κ1) is 36.1. The topological polar surface area (TPSA) is 113 Å². The number of ether oxygens (including phenoxy) is 1. The Balaban J connectivity index is 1.25. The first-order valence-corrected chi connectivity index (χ1v) is 19.1. The Labute approximate surface area is 294 Å². The van der Waals surface area contributed by atoms with E-state index in [0.29, 0.717) is 36.6 Å². The molecule has 0 aliphatic heterocycles. The van der Waals surface area contributed by atoms with E-state index in [1.165, 1.54) is 5.57 Å². The number of nitrogens with one attached hydrogen (secondary N) is 1. The molecule has 9 unspecified atom stereocenters. The maximum Gasteiger partial charge on any atom is 0.309 e. The van der Waals surface area contributed by atoms with Crippen molar-refractivity contribution in [3.63, 3.8) is 0 Å². The van der Waals surface area contributed by atoms with E-state index in [2.05, 4.69) is 46.9 Å². The van der Waals surface area contributed by atoms with Gasteiger partial charge < -0.3 is 20.3 Å². The summed E-state index contributed by atoms with van der Waals surface area (Å²) in [7, 11) is 0. The van der Waals surface area contributed by atoms with Gasteiger partial charge in [0.2, 0.25) is 0 Å². The van der Waals surface area contributed by atoms with Gasteiger partial charge in [0.05, 0.1) is 17.9 Å². The molecule has 0 radical (unpaired) electrons. The molecule has 0 saturated heterocycles. The second-order valence-electron chi connectivity index (χ2n) is 18.7. The number of carboxylic acids is 1. The number of aliphatic carboxylic acids is 1. The number of carbonyl (C=O) groups excluding carboxylic acids is 2. The summed E-state index contributed by atoms with van der Waals surface area (Å²) < 4.78 is 6.14. The van der Waals surface area contributed by atoms with Gasteiger partial charge in [-0.15, -0.1) is 0 Å². The lowest BCUT2D eigenvalue weighted by molar-refractivity contribution is -0.214. The molecular weight excluding hydrogens is 614 g/mol. The van der Waals surface area contributed by atoms with Gasteiger partial charge >= 0.3 is 11.9 Å². The summed E-state index contributed by atoms with van der Waals surface area (Å²) in [6.45, 7) is 17.5. The average molecular weight is 676 g/mol. The van der Waals surface area contributed by atoms with E-state index in [9.17, 15) is 24.6 Å². The minimum Gasteiger partial charge on any atom is -0.481 e. The summed E-state index contributed by atoms with van der Waals surface area (Å²) >= 11 is 0. The normalized spacial score (nSPS) is 37.4. The molecule has 0 spiro atoms. The van der Waals surface area contributed by atoms with Gasteiger partial charge in [0.1, 0.15) is 6.10 Å². The highest BCUT2D eigenvalue weighted by atomic mass is 16.5. The van der Waals surface area contributed by atoms with Crippen LogP contribution in [0.15, 0.2) is 41.5 Å². The summed E-state index contributed by atoms with van der Waals surface area (Å²) in [6, 6.07) is 10.0. The standard InChI is InChI=1S/C42H61NO6/c1-25(2)35-29(44)22-42(32(45)24-43-26-12-10-9-11-13-26)21-16-28-27(36(35)42)14-15-31-40(28,7)19-17-30-39(5,6)33(18-20-41(30,31)8)49-34(46)23-38(3,4)37(47)48/h9-13,25,27-28,30-33,43,45H,14-24H2,1-8H3,(H,47,48). The Hall–Kier alpha value is -2.67. The highest BCUT2D eigenvalue weighted by molar-refractivity contribution is 6.00. The van der Waals surface area contributed by atoms with E-state index in [1.54, 1.807) is 13.8 Å². The monoisotopic (exact) mass is 675 g/mol. The molecule has 9 atom stereocenters. The molecule has 0 aromatic heterocycles. The quantitative estimate of drug-likeness (QED) is 0.225. The number of aliphatic hydroxyl groups is 1. The van der Waals surface area contributed by atoms with E-state index in [4.69, 9.17) is 4.74 Å². The van der Waals surface area contributed by atoms with Gasteiger partial charge in [0.15, 0.2) is 5.78 Å². The molecule has 1 aromatic carbocycles. The number of para-hydroxylation sites is 1. The molecule has 5 aliphatic carbocycles. The molecule has 4 saturated carbocycles. The van der Waals surface area contributed by atoms with Gasteiger partial charge in [-0.1, -0.05) is 65.3 Å². The van der Waals surface area contributed by atoms with E-state index >= 15 is 0 Å². The van der Waals surface area contributed by atoms with Crippen LogP contribution in [0.4, 0.5) is 5.69 Å². The van der Waals surface area contributed by atoms with Gasteiger partial charge in [0.25, 0.3) is 0 Å². The Bertz CT molecular complexity index is 1500. The molecule has 0 amide bonds. The van der Waals surface area contributed by atoms with Gasteiger partial charge in [-0.05, 0) is 123 Å². The Morgan fingerprint density at radius 2 is 1.61 bits per heavy atom. The number of anilines is 1. The number of benzene rings is 1. The number of carbonyl (C=O) groups is 3. The van der Waals surface area contributed by atoms with Crippen LogP contribution in [0.1, 0.15) is 120 Å². The molecule has 5 aliphatic rings. The van der Waals surface area contributed by atoms with Gasteiger partial charge in [-0.25, -0.2) is 0 Å². The highest BCUT2D eigenvalue weighted by Gasteiger charge is 2.67. The summed E-state index contributed by atoms with van der Waals surface area (Å²) in [6.07, 6.45) is 7.43. The molecule has 0 bridgehead atoms. The number of esters is 1. The zero-order valence-corrected chi connectivity index (χ0v) is 31.2. The van der Waals surface area contributed by atoms with Crippen molar-refractivity contribution < 1.29 is 29.3 Å². The van der Waals surface area contributed by atoms with Crippen molar-refractivity contribution in [3.05, 3.63) is 41.5 Å². The molecular formula is C42H61NO6. The molecule has 49 heavy (non-hydrogen) atoms. The number of hydrogen-bond donors (Lipinski definition) is 3. The molecule has 6 rings (SSSR count). The number of carboxylic acid groups (broad SMARTS) is 1. The Morgan fingerprint density at radius 1 is 0.939 bits per heavy atom. The van der Waals surface area contributed by atoms with Crippen molar-refractivity contribution in [2.24, 2.45) is 56.7 Å². The van der Waals surface area contributed by atoms with Gasteiger partial charge in [-0.2, -0.15) is 0 Å². The first-order valence-electron chi connectivity index (χ1n) is 19.1. The first-order chi connectivity index (χ1) is 22.9. The molecule has 0 heterocycles. The minimum atomic E-state index is -1.16. The van der Waals surface area contributed by atoms with Crippen molar-refractivity contribution in [1.82, 2.24) is 0 Å². The third-order valence-electron chi connectivity index (χ3n) is 14.9. The van der Waals surface area contributed by atoms with Crippen LogP contribution in [0.3, 0.4) is 0 Å². The van der Waals surface area contributed by atoms with Crippen molar-refractivity contribution in [2.75, 3.05) is 11.9 Å². The van der Waals surface area contributed by atoms with Gasteiger partial charge in [0, 0.05) is 29.5 Å². The number of aliphatic hydroxyl groups excluding tert-OH is 1. The Morgan fingerprint density at radius 3 is 2.27 bits per heavy atom. The third-order valence-corrected chi connectivity index (χ3v) is 14.9. The summed E-state index contributed by atoms with van der Waals surface area (Å²) in [5.74, 6) is 0.678. The molecule has 3 N–H and O–H groups in total. The second kappa shape index (κ2) is 12.5. The average Bonchev–Trinajstić information content (AvgIpc) is 3.35. The lowest BCUT2D eigenvalue weighted by Gasteiger charge is -2.69. The predicted molar refractivity (Wildman–Crippen MR) is 192 cm³/mol. The van der Waals surface area contributed by atoms with Crippen molar-refractivity contribution in [2.45, 2.75) is 132 Å². The molecule has 4 fully saturated rings. The zero-order chi connectivity index (χ0) is 35.7. The van der Waals surface area contributed by atoms with Gasteiger partial charge in [-0.3, -0.25) is 14.4 Å². The fraction of sp³-hybridized carbons (Fsp3) is 0.738. The van der Waals surface area contributed by atoms with E-state index in [1.807, 2.05) is 30.3 Å². The third kappa shape index (κ3) is 5.78. The van der Waals surface area contributed by atoms with Crippen LogP contribution in [0.2, 0.25) is 0 Å². The van der Waals surface area contributed by atoms with Crippen LogP contribution in [0, 0.1) is 56.7 Å². The SMILES string of the molecule is CC(C)C1=C2C3CCC4C(C)(CCC5C(C)(C)C(OC(=O)CC(C)(C)C(=O)O)CCC54C)C3CCC2(C(O)CNc2ccccc2)CC1=O. The maximum absolute atomic E-state index is 13.9. The maximum atomic E-state index is 13.9. The highest BCUT2D eigenvalue weighted by Crippen LogP contribution is 2.73. The molecule has 1 aromatic rings. The van der Waals surface area contributed by atoms with Crippen LogP contribution in [0.5, 0.6) is 0 Å². The molecule has 7 nitrogen and oxygen atoms in total. The fourth-order valence-corrected chi connectivity index (χ4v) is 12.6. The van der Waals surface area contributed by atoms with Crippen molar-refractivity contribution >= 4 is 23.4 Å². The zero-order valence-electron chi connectivity index (χ0n) is 31.2. The fourth-order valence-electron chi connectivity index (χ4n) is 12.6. The number of Topliss-reactive ketones (excluding diaryl/α,β-unsaturated/α-hetero) is 1. The van der Waals surface area contributed by atoms with Crippen LogP contribution >= 0.6 is 0 Å². The minimum absolute atomic E-state index is 0.0963. The smallest absolute Gasteiger partial charge is 0.309 e. The largest absolute Gasteiger partial charge is 0.481 e. The summed E-state index contributed by atoms with van der Waals surface area (Å²) in [5.41, 5.74) is 1.64. The lowest BCUT2D eigenvalue weighted by atomic mass is 9.36. The molecule has 270 valence electrons. The number of fused-ring (bicyclic) bond motifs is 7. The number of hydrogen-bond acceptors (Lipinski definition) is 6. The van der Waals surface area contributed by atoms with Crippen LogP contribution < -0.4 is 5.32 Å². The predicted octanol–water partition coefficient (Wildman–Crippen LogP) is 8.46. The van der Waals surface area contributed by atoms with Crippen LogP contribution in [0.25, 0.3) is 0 Å². The van der Waals surface area contributed by atoms with E-state index in [0.717, 1.165) is 62.6 Å². The number of ketones is 1. The van der Waals surface area contributed by atoms with E-state index < -0.39 is 28.9 Å². The summed E-state index contributed by atoms with van der Waals surface area (Å²) in [4.78, 5) is 38.6. The summed E-state index contributed by atoms with van der Waals surface area (Å²) in [5, 5.41) is 25.1.